The highest BCUT2D eigenvalue weighted by molar-refractivity contribution is 8.00. The lowest BCUT2D eigenvalue weighted by Gasteiger charge is -2.13. The first-order valence-electron chi connectivity index (χ1n) is 9.80. The number of nitrogens with one attached hydrogen (secondary N) is 4. The van der Waals surface area contributed by atoms with Crippen LogP contribution in [0.3, 0.4) is 0 Å². The Hall–Kier alpha value is -2.98. The summed E-state index contributed by atoms with van der Waals surface area (Å²) in [5.74, 6) is 2.26. The van der Waals surface area contributed by atoms with Gasteiger partial charge in [0.2, 0.25) is 17.8 Å². The van der Waals surface area contributed by atoms with E-state index in [1.165, 1.54) is 4.90 Å². The van der Waals surface area contributed by atoms with Gasteiger partial charge < -0.3 is 30.6 Å². The lowest BCUT2D eigenvalue weighted by Crippen LogP contribution is -2.22. The van der Waals surface area contributed by atoms with Gasteiger partial charge in [0, 0.05) is 23.7 Å². The summed E-state index contributed by atoms with van der Waals surface area (Å²) in [5, 5.41) is 13.6. The molecule has 0 fully saturated rings. The standard InChI is InChI=1S/C20H26N8OS/c1-13-23-16-11-14(6-7-17(16)30-13)24-20-26-18(21-8-9-28(2)3)25-19(27-20)22-12-15-5-4-10-29-15/h4-7,10-11,13,23H,8-9,12H2,1-3H3,(H3,21,22,24,25,26,27). The van der Waals surface area contributed by atoms with Crippen LogP contribution in [-0.4, -0.2) is 52.4 Å². The first kappa shape index (κ1) is 20.3. The molecule has 0 aliphatic carbocycles. The van der Waals surface area contributed by atoms with Gasteiger partial charge in [-0.25, -0.2) is 0 Å². The molecule has 158 valence electrons. The number of rotatable bonds is 9. The summed E-state index contributed by atoms with van der Waals surface area (Å²) in [7, 11) is 4.05. The van der Waals surface area contributed by atoms with E-state index in [4.69, 9.17) is 4.42 Å². The maximum Gasteiger partial charge on any atom is 0.233 e. The fourth-order valence-electron chi connectivity index (χ4n) is 2.95. The summed E-state index contributed by atoms with van der Waals surface area (Å²) in [4.78, 5) is 16.9. The van der Waals surface area contributed by atoms with Crippen LogP contribution in [-0.2, 0) is 6.54 Å². The van der Waals surface area contributed by atoms with Crippen LogP contribution in [0.25, 0.3) is 0 Å². The quantitative estimate of drug-likeness (QED) is 0.405. The maximum atomic E-state index is 5.37. The van der Waals surface area contributed by atoms with Gasteiger partial charge in [0.05, 0.1) is 23.9 Å². The largest absolute Gasteiger partial charge is 0.467 e. The monoisotopic (exact) mass is 426 g/mol. The number of likely N-dealkylation sites (N-methyl/N-ethyl adjacent to an activating group) is 1. The van der Waals surface area contributed by atoms with Gasteiger partial charge in [-0.3, -0.25) is 0 Å². The number of benzene rings is 1. The van der Waals surface area contributed by atoms with Crippen LogP contribution in [0.15, 0.2) is 45.9 Å². The SMILES string of the molecule is CC1Nc2cc(Nc3nc(NCCN(C)C)nc(NCc4ccco4)n3)ccc2S1. The van der Waals surface area contributed by atoms with Gasteiger partial charge in [0.15, 0.2) is 0 Å². The number of hydrogen-bond acceptors (Lipinski definition) is 10. The van der Waals surface area contributed by atoms with Gasteiger partial charge in [-0.2, -0.15) is 15.0 Å². The number of hydrogen-bond donors (Lipinski definition) is 4. The number of anilines is 5. The smallest absolute Gasteiger partial charge is 0.233 e. The molecule has 1 aliphatic rings. The van der Waals surface area contributed by atoms with Gasteiger partial charge in [0.25, 0.3) is 0 Å². The molecule has 30 heavy (non-hydrogen) atoms. The van der Waals surface area contributed by atoms with E-state index in [9.17, 15) is 0 Å². The number of aromatic nitrogens is 3. The van der Waals surface area contributed by atoms with Crippen LogP contribution in [0.4, 0.5) is 29.2 Å². The second-order valence-corrected chi connectivity index (χ2v) is 8.59. The zero-order valence-electron chi connectivity index (χ0n) is 17.3. The molecule has 0 saturated carbocycles. The van der Waals surface area contributed by atoms with Crippen molar-refractivity contribution in [1.82, 2.24) is 19.9 Å². The molecular weight excluding hydrogens is 400 g/mol. The molecule has 3 heterocycles. The second-order valence-electron chi connectivity index (χ2n) is 7.21. The Morgan fingerprint density at radius 1 is 1.10 bits per heavy atom. The Balaban J connectivity index is 1.51. The summed E-state index contributed by atoms with van der Waals surface area (Å²) in [6, 6.07) is 9.97. The number of thioether (sulfide) groups is 1. The molecule has 2 aromatic heterocycles. The molecule has 0 spiro atoms. The Morgan fingerprint density at radius 2 is 1.90 bits per heavy atom. The van der Waals surface area contributed by atoms with Gasteiger partial charge in [-0.05, 0) is 51.4 Å². The highest BCUT2D eigenvalue weighted by Crippen LogP contribution is 2.39. The minimum atomic E-state index is 0.373. The first-order valence-corrected chi connectivity index (χ1v) is 10.7. The number of nitrogens with zero attached hydrogens (tertiary/aromatic N) is 4. The molecule has 9 nitrogen and oxygen atoms in total. The van der Waals surface area contributed by atoms with Crippen LogP contribution >= 0.6 is 11.8 Å². The summed E-state index contributed by atoms with van der Waals surface area (Å²) in [5.41, 5.74) is 2.03. The average molecular weight is 427 g/mol. The van der Waals surface area contributed by atoms with E-state index in [1.54, 1.807) is 6.26 Å². The van der Waals surface area contributed by atoms with E-state index in [0.29, 0.717) is 29.8 Å². The molecular formula is C20H26N8OS. The summed E-state index contributed by atoms with van der Waals surface area (Å²) >= 11 is 1.81. The van der Waals surface area contributed by atoms with Crippen molar-refractivity contribution in [2.75, 3.05) is 48.5 Å². The molecule has 1 atom stereocenters. The van der Waals surface area contributed by atoms with E-state index in [0.717, 1.165) is 30.2 Å². The summed E-state index contributed by atoms with van der Waals surface area (Å²) < 4.78 is 5.37. The third kappa shape index (κ3) is 5.33. The topological polar surface area (TPSA) is 103 Å². The van der Waals surface area contributed by atoms with Crippen molar-refractivity contribution in [3.63, 3.8) is 0 Å². The molecule has 0 bridgehead atoms. The van der Waals surface area contributed by atoms with Crippen molar-refractivity contribution in [3.05, 3.63) is 42.4 Å². The fraction of sp³-hybridized carbons (Fsp3) is 0.350. The molecule has 10 heteroatoms. The molecule has 0 radical (unpaired) electrons. The molecule has 3 aromatic rings. The van der Waals surface area contributed by atoms with Crippen LogP contribution in [0.2, 0.25) is 0 Å². The van der Waals surface area contributed by atoms with Crippen LogP contribution in [0, 0.1) is 0 Å². The Morgan fingerprint density at radius 3 is 2.67 bits per heavy atom. The third-order valence-electron chi connectivity index (χ3n) is 4.38. The third-order valence-corrected chi connectivity index (χ3v) is 5.46. The molecule has 1 unspecified atom stereocenters. The first-order chi connectivity index (χ1) is 14.5. The average Bonchev–Trinajstić information content (AvgIpc) is 3.34. The Labute approximate surface area is 180 Å². The molecule has 0 amide bonds. The molecule has 4 rings (SSSR count). The van der Waals surface area contributed by atoms with Gasteiger partial charge in [0.1, 0.15) is 5.76 Å². The van der Waals surface area contributed by atoms with Crippen LogP contribution in [0.1, 0.15) is 12.7 Å². The van der Waals surface area contributed by atoms with E-state index in [1.807, 2.05) is 44.1 Å². The zero-order chi connectivity index (χ0) is 20.9. The molecule has 1 aromatic carbocycles. The van der Waals surface area contributed by atoms with Crippen molar-refractivity contribution in [1.29, 1.82) is 0 Å². The predicted octanol–water partition coefficient (Wildman–Crippen LogP) is 3.66. The van der Waals surface area contributed by atoms with Crippen molar-refractivity contribution < 1.29 is 4.42 Å². The Kier molecular flexibility index (Phi) is 6.24. The van der Waals surface area contributed by atoms with Gasteiger partial charge in [-0.15, -0.1) is 0 Å². The van der Waals surface area contributed by atoms with E-state index in [2.05, 4.69) is 60.2 Å². The van der Waals surface area contributed by atoms with E-state index < -0.39 is 0 Å². The lowest BCUT2D eigenvalue weighted by atomic mass is 10.2. The Bertz CT molecular complexity index is 979. The molecule has 4 N–H and O–H groups in total. The minimum Gasteiger partial charge on any atom is -0.467 e. The van der Waals surface area contributed by atoms with Gasteiger partial charge in [-0.1, -0.05) is 11.8 Å². The van der Waals surface area contributed by atoms with E-state index in [-0.39, 0.29) is 0 Å². The number of furan rings is 1. The zero-order valence-corrected chi connectivity index (χ0v) is 18.1. The van der Waals surface area contributed by atoms with Crippen LogP contribution in [0.5, 0.6) is 0 Å². The number of fused-ring (bicyclic) bond motifs is 1. The molecule has 0 saturated heterocycles. The second kappa shape index (κ2) is 9.23. The normalized spacial score (nSPS) is 15.0. The van der Waals surface area contributed by atoms with Crippen LogP contribution < -0.4 is 21.3 Å². The van der Waals surface area contributed by atoms with Gasteiger partial charge >= 0.3 is 0 Å². The summed E-state index contributed by atoms with van der Waals surface area (Å²) in [6.45, 7) is 4.24. The van der Waals surface area contributed by atoms with E-state index >= 15 is 0 Å². The highest BCUT2D eigenvalue weighted by Gasteiger charge is 2.17. The highest BCUT2D eigenvalue weighted by atomic mass is 32.2. The fourth-order valence-corrected chi connectivity index (χ4v) is 3.91. The maximum absolute atomic E-state index is 5.37. The van der Waals surface area contributed by atoms with Crippen molar-refractivity contribution >= 4 is 41.0 Å². The summed E-state index contributed by atoms with van der Waals surface area (Å²) in [6.07, 6.45) is 1.65. The van der Waals surface area contributed by atoms with Crippen molar-refractivity contribution in [2.45, 2.75) is 23.7 Å². The minimum absolute atomic E-state index is 0.373. The van der Waals surface area contributed by atoms with Crippen molar-refractivity contribution in [2.24, 2.45) is 0 Å². The van der Waals surface area contributed by atoms with Crippen molar-refractivity contribution in [3.8, 4) is 0 Å². The predicted molar refractivity (Wildman–Crippen MR) is 122 cm³/mol. The molecule has 1 aliphatic heterocycles. The lowest BCUT2D eigenvalue weighted by molar-refractivity contribution is 0.425.